The Bertz CT molecular complexity index is 433. The van der Waals surface area contributed by atoms with Gasteiger partial charge in [0, 0.05) is 25.5 Å². The number of carbonyl (C=O) groups is 2. The number of urea groups is 1. The first-order valence-electron chi connectivity index (χ1n) is 5.71. The summed E-state index contributed by atoms with van der Waals surface area (Å²) in [5.41, 5.74) is 6.81. The normalized spacial score (nSPS) is 11.5. The molecular weight excluding hydrogens is 248 g/mol. The van der Waals surface area contributed by atoms with E-state index in [4.69, 9.17) is 10.5 Å². The fourth-order valence-electron chi connectivity index (χ4n) is 1.32. The molecule has 1 unspecified atom stereocenters. The Balaban J connectivity index is 2.57. The van der Waals surface area contributed by atoms with E-state index in [1.807, 2.05) is 0 Å². The number of benzene rings is 1. The minimum Gasteiger partial charge on any atom is -0.383 e. The standard InChI is InChI=1S/C12H18N4O3/c1-14-12(18)16-9-5-3-8(4-6-9)15-11(17)10(13)7-19-2/h3-6,10H,7,13H2,1-2H3,(H,15,17)(H2,14,16,18). The van der Waals surface area contributed by atoms with Gasteiger partial charge >= 0.3 is 6.03 Å². The molecule has 19 heavy (non-hydrogen) atoms. The van der Waals surface area contributed by atoms with E-state index in [0.29, 0.717) is 11.4 Å². The number of carbonyl (C=O) groups excluding carboxylic acids is 2. The molecule has 3 amide bonds. The zero-order valence-electron chi connectivity index (χ0n) is 10.9. The minimum atomic E-state index is -0.714. The number of nitrogens with two attached hydrogens (primary N) is 1. The van der Waals surface area contributed by atoms with Crippen molar-refractivity contribution in [2.24, 2.45) is 5.73 Å². The number of anilines is 2. The molecule has 0 fully saturated rings. The van der Waals surface area contributed by atoms with Crippen LogP contribution in [0.4, 0.5) is 16.2 Å². The van der Waals surface area contributed by atoms with E-state index in [2.05, 4.69) is 16.0 Å². The summed E-state index contributed by atoms with van der Waals surface area (Å²) >= 11 is 0. The van der Waals surface area contributed by atoms with Gasteiger partial charge in [0.25, 0.3) is 0 Å². The van der Waals surface area contributed by atoms with Gasteiger partial charge in [0.2, 0.25) is 5.91 Å². The van der Waals surface area contributed by atoms with Crippen LogP contribution in [0.3, 0.4) is 0 Å². The summed E-state index contributed by atoms with van der Waals surface area (Å²) in [6, 6.07) is 5.66. The number of methoxy groups -OCH3 is 1. The SMILES string of the molecule is CNC(=O)Nc1ccc(NC(=O)C(N)COC)cc1. The molecule has 1 atom stereocenters. The second-order valence-electron chi connectivity index (χ2n) is 3.83. The molecule has 0 saturated heterocycles. The lowest BCUT2D eigenvalue weighted by Gasteiger charge is -2.11. The Morgan fingerprint density at radius 1 is 1.21 bits per heavy atom. The summed E-state index contributed by atoms with van der Waals surface area (Å²) in [6.45, 7) is 0.155. The van der Waals surface area contributed by atoms with Crippen LogP contribution < -0.4 is 21.7 Å². The third kappa shape index (κ3) is 4.94. The molecule has 0 aliphatic heterocycles. The van der Waals surface area contributed by atoms with E-state index in [0.717, 1.165) is 0 Å². The van der Waals surface area contributed by atoms with Gasteiger partial charge < -0.3 is 26.4 Å². The highest BCUT2D eigenvalue weighted by atomic mass is 16.5. The van der Waals surface area contributed by atoms with E-state index >= 15 is 0 Å². The van der Waals surface area contributed by atoms with Crippen molar-refractivity contribution >= 4 is 23.3 Å². The highest BCUT2D eigenvalue weighted by Crippen LogP contribution is 2.13. The molecule has 0 aliphatic carbocycles. The van der Waals surface area contributed by atoms with Crippen LogP contribution >= 0.6 is 0 Å². The second kappa shape index (κ2) is 7.34. The highest BCUT2D eigenvalue weighted by molar-refractivity contribution is 5.95. The third-order valence-corrected chi connectivity index (χ3v) is 2.32. The van der Waals surface area contributed by atoms with Crippen molar-refractivity contribution in [2.75, 3.05) is 31.4 Å². The van der Waals surface area contributed by atoms with Crippen LogP contribution in [0.15, 0.2) is 24.3 Å². The van der Waals surface area contributed by atoms with E-state index in [1.54, 1.807) is 24.3 Å². The van der Waals surface area contributed by atoms with Crippen molar-refractivity contribution in [3.05, 3.63) is 24.3 Å². The topological polar surface area (TPSA) is 105 Å². The lowest BCUT2D eigenvalue weighted by Crippen LogP contribution is -2.39. The first-order valence-corrected chi connectivity index (χ1v) is 5.71. The zero-order chi connectivity index (χ0) is 14.3. The molecule has 1 aromatic carbocycles. The maximum absolute atomic E-state index is 11.6. The minimum absolute atomic E-state index is 0.155. The third-order valence-electron chi connectivity index (χ3n) is 2.32. The number of hydrogen-bond donors (Lipinski definition) is 4. The average Bonchev–Trinajstić information content (AvgIpc) is 2.41. The number of hydrogen-bond acceptors (Lipinski definition) is 4. The smallest absolute Gasteiger partial charge is 0.318 e. The van der Waals surface area contributed by atoms with Gasteiger partial charge in [0.1, 0.15) is 6.04 Å². The number of rotatable bonds is 5. The van der Waals surface area contributed by atoms with Gasteiger partial charge in [-0.15, -0.1) is 0 Å². The maximum Gasteiger partial charge on any atom is 0.318 e. The summed E-state index contributed by atoms with van der Waals surface area (Å²) in [5, 5.41) is 7.70. The van der Waals surface area contributed by atoms with Gasteiger partial charge in [-0.1, -0.05) is 0 Å². The van der Waals surface area contributed by atoms with Crippen molar-refractivity contribution in [1.82, 2.24) is 5.32 Å². The molecule has 0 heterocycles. The molecular formula is C12H18N4O3. The van der Waals surface area contributed by atoms with Crippen LogP contribution in [0.1, 0.15) is 0 Å². The van der Waals surface area contributed by atoms with Gasteiger partial charge in [0.15, 0.2) is 0 Å². The first-order chi connectivity index (χ1) is 9.06. The number of nitrogens with one attached hydrogen (secondary N) is 3. The van der Waals surface area contributed by atoms with E-state index in [-0.39, 0.29) is 18.5 Å². The molecule has 0 saturated carbocycles. The van der Waals surface area contributed by atoms with Crippen LogP contribution in [0, 0.1) is 0 Å². The molecule has 0 aliphatic rings. The quantitative estimate of drug-likeness (QED) is 0.617. The van der Waals surface area contributed by atoms with E-state index < -0.39 is 6.04 Å². The van der Waals surface area contributed by atoms with Gasteiger partial charge in [-0.2, -0.15) is 0 Å². The number of ether oxygens (including phenoxy) is 1. The lowest BCUT2D eigenvalue weighted by atomic mass is 10.2. The van der Waals surface area contributed by atoms with Crippen molar-refractivity contribution in [2.45, 2.75) is 6.04 Å². The predicted molar refractivity (Wildman–Crippen MR) is 73.0 cm³/mol. The fourth-order valence-corrected chi connectivity index (χ4v) is 1.32. The predicted octanol–water partition coefficient (Wildman–Crippen LogP) is 0.350. The van der Waals surface area contributed by atoms with Crippen LogP contribution in [0.2, 0.25) is 0 Å². The van der Waals surface area contributed by atoms with Crippen LogP contribution in [0.25, 0.3) is 0 Å². The van der Waals surface area contributed by atoms with Crippen LogP contribution in [-0.4, -0.2) is 38.7 Å². The van der Waals surface area contributed by atoms with Crippen LogP contribution in [-0.2, 0) is 9.53 Å². The Hall–Kier alpha value is -2.12. The molecule has 7 nitrogen and oxygen atoms in total. The molecule has 0 aromatic heterocycles. The molecule has 1 rings (SSSR count). The number of amides is 3. The van der Waals surface area contributed by atoms with Crippen molar-refractivity contribution in [3.63, 3.8) is 0 Å². The maximum atomic E-state index is 11.6. The Kier molecular flexibility index (Phi) is 5.77. The van der Waals surface area contributed by atoms with Gasteiger partial charge in [-0.05, 0) is 24.3 Å². The summed E-state index contributed by atoms with van der Waals surface area (Å²) in [6.07, 6.45) is 0. The van der Waals surface area contributed by atoms with E-state index in [1.165, 1.54) is 14.2 Å². The molecule has 0 radical (unpaired) electrons. The summed E-state index contributed by atoms with van der Waals surface area (Å²) < 4.78 is 4.80. The Labute approximate surface area is 111 Å². The Morgan fingerprint density at radius 3 is 2.21 bits per heavy atom. The van der Waals surface area contributed by atoms with Gasteiger partial charge in [0.05, 0.1) is 6.61 Å². The molecule has 7 heteroatoms. The Morgan fingerprint density at radius 2 is 1.74 bits per heavy atom. The fraction of sp³-hybridized carbons (Fsp3) is 0.333. The van der Waals surface area contributed by atoms with E-state index in [9.17, 15) is 9.59 Å². The zero-order valence-corrected chi connectivity index (χ0v) is 10.9. The lowest BCUT2D eigenvalue weighted by molar-refractivity contribution is -0.118. The molecule has 104 valence electrons. The van der Waals surface area contributed by atoms with Crippen molar-refractivity contribution in [3.8, 4) is 0 Å². The molecule has 0 spiro atoms. The molecule has 1 aromatic rings. The van der Waals surface area contributed by atoms with Crippen molar-refractivity contribution < 1.29 is 14.3 Å². The average molecular weight is 266 g/mol. The van der Waals surface area contributed by atoms with Crippen molar-refractivity contribution in [1.29, 1.82) is 0 Å². The summed E-state index contributed by atoms with van der Waals surface area (Å²) in [7, 11) is 3.01. The molecule has 5 N–H and O–H groups in total. The summed E-state index contributed by atoms with van der Waals surface area (Å²) in [5.74, 6) is -0.325. The van der Waals surface area contributed by atoms with Crippen LogP contribution in [0.5, 0.6) is 0 Å². The summed E-state index contributed by atoms with van der Waals surface area (Å²) in [4.78, 5) is 22.7. The van der Waals surface area contributed by atoms with Gasteiger partial charge in [-0.3, -0.25) is 4.79 Å². The molecule has 0 bridgehead atoms. The largest absolute Gasteiger partial charge is 0.383 e. The van der Waals surface area contributed by atoms with Gasteiger partial charge in [-0.25, -0.2) is 4.79 Å². The monoisotopic (exact) mass is 266 g/mol. The second-order valence-corrected chi connectivity index (χ2v) is 3.83. The first kappa shape index (κ1) is 14.9. The highest BCUT2D eigenvalue weighted by Gasteiger charge is 2.12.